The van der Waals surface area contributed by atoms with Gasteiger partial charge in [0, 0.05) is 12.2 Å². The number of esters is 1. The van der Waals surface area contributed by atoms with Crippen molar-refractivity contribution in [3.8, 4) is 10.6 Å². The van der Waals surface area contributed by atoms with Crippen molar-refractivity contribution in [1.82, 2.24) is 9.78 Å². The minimum atomic E-state index is -0.638. The van der Waals surface area contributed by atoms with Crippen LogP contribution in [0.25, 0.3) is 10.6 Å². The first-order chi connectivity index (χ1) is 12.0. The average molecular weight is 379 g/mol. The van der Waals surface area contributed by atoms with E-state index in [1.54, 1.807) is 20.8 Å². The highest BCUT2D eigenvalue weighted by molar-refractivity contribution is 7.20. The summed E-state index contributed by atoms with van der Waals surface area (Å²) < 4.78 is 12.0. The van der Waals surface area contributed by atoms with Crippen molar-refractivity contribution in [3.05, 3.63) is 23.4 Å². The maximum atomic E-state index is 12.2. The SMILES string of the molecule is COC(=O)c1c(NC(=O)OC(C)(C)C)sc(-c2ccn(C(C)C)n2)c1C. The van der Waals surface area contributed by atoms with Crippen LogP contribution in [0, 0.1) is 6.92 Å². The van der Waals surface area contributed by atoms with E-state index in [4.69, 9.17) is 9.47 Å². The van der Waals surface area contributed by atoms with Crippen LogP contribution in [0.15, 0.2) is 12.3 Å². The smallest absolute Gasteiger partial charge is 0.412 e. The molecule has 7 nitrogen and oxygen atoms in total. The maximum Gasteiger partial charge on any atom is 0.412 e. The summed E-state index contributed by atoms with van der Waals surface area (Å²) in [5.41, 5.74) is 1.13. The van der Waals surface area contributed by atoms with Crippen LogP contribution in [-0.2, 0) is 9.47 Å². The Morgan fingerprint density at radius 2 is 1.96 bits per heavy atom. The second-order valence-corrected chi connectivity index (χ2v) is 8.17. The fourth-order valence-corrected chi connectivity index (χ4v) is 3.48. The molecule has 0 spiro atoms. The molecular weight excluding hydrogens is 354 g/mol. The Kier molecular flexibility index (Phi) is 5.75. The summed E-state index contributed by atoms with van der Waals surface area (Å²) in [6.07, 6.45) is 1.26. The molecule has 0 saturated heterocycles. The number of amides is 1. The summed E-state index contributed by atoms with van der Waals surface area (Å²) in [4.78, 5) is 25.2. The number of rotatable bonds is 4. The molecule has 0 aromatic carbocycles. The summed E-state index contributed by atoms with van der Waals surface area (Å²) >= 11 is 1.27. The zero-order chi connectivity index (χ0) is 19.6. The quantitative estimate of drug-likeness (QED) is 0.783. The molecule has 8 heteroatoms. The number of hydrogen-bond acceptors (Lipinski definition) is 6. The van der Waals surface area contributed by atoms with Gasteiger partial charge in [0.2, 0.25) is 0 Å². The lowest BCUT2D eigenvalue weighted by Crippen LogP contribution is -2.27. The fourth-order valence-electron chi connectivity index (χ4n) is 2.34. The number of anilines is 1. The summed E-state index contributed by atoms with van der Waals surface area (Å²) in [5, 5.41) is 7.60. The number of nitrogens with zero attached hydrogens (tertiary/aromatic N) is 2. The average Bonchev–Trinajstić information content (AvgIpc) is 3.10. The standard InChI is InChI=1S/C18H25N3O4S/c1-10(2)21-9-8-12(20-21)14-11(3)13(16(22)24-7)15(26-14)19-17(23)25-18(4,5)6/h8-10H,1-7H3,(H,19,23). The maximum absolute atomic E-state index is 12.2. The zero-order valence-electron chi connectivity index (χ0n) is 16.2. The van der Waals surface area contributed by atoms with Gasteiger partial charge in [-0.3, -0.25) is 10.00 Å². The van der Waals surface area contributed by atoms with E-state index < -0.39 is 17.7 Å². The first kappa shape index (κ1) is 20.0. The Labute approximate surface area is 157 Å². The number of methoxy groups -OCH3 is 1. The summed E-state index contributed by atoms with van der Waals surface area (Å²) in [7, 11) is 1.31. The van der Waals surface area contributed by atoms with Crippen molar-refractivity contribution < 1.29 is 19.1 Å². The lowest BCUT2D eigenvalue weighted by atomic mass is 10.1. The van der Waals surface area contributed by atoms with Crippen LogP contribution in [0.2, 0.25) is 0 Å². The largest absolute Gasteiger partial charge is 0.465 e. The van der Waals surface area contributed by atoms with Crippen LogP contribution >= 0.6 is 11.3 Å². The molecule has 2 rings (SSSR count). The second kappa shape index (κ2) is 7.49. The molecule has 142 valence electrons. The van der Waals surface area contributed by atoms with Crippen molar-refractivity contribution in [2.24, 2.45) is 0 Å². The van der Waals surface area contributed by atoms with Gasteiger partial charge in [-0.05, 0) is 53.2 Å². The fraction of sp³-hybridized carbons (Fsp3) is 0.500. The molecule has 0 aliphatic rings. The van der Waals surface area contributed by atoms with Crippen molar-refractivity contribution in [2.45, 2.75) is 53.2 Å². The van der Waals surface area contributed by atoms with Crippen LogP contribution in [0.5, 0.6) is 0 Å². The minimum absolute atomic E-state index is 0.225. The Balaban J connectivity index is 2.44. The topological polar surface area (TPSA) is 82.5 Å². The summed E-state index contributed by atoms with van der Waals surface area (Å²) in [6, 6.07) is 2.11. The molecule has 0 fully saturated rings. The minimum Gasteiger partial charge on any atom is -0.465 e. The van der Waals surface area contributed by atoms with Gasteiger partial charge in [-0.2, -0.15) is 5.10 Å². The van der Waals surface area contributed by atoms with Crippen LogP contribution < -0.4 is 5.32 Å². The van der Waals surface area contributed by atoms with Gasteiger partial charge in [0.25, 0.3) is 0 Å². The van der Waals surface area contributed by atoms with Crippen LogP contribution in [0.1, 0.15) is 56.6 Å². The van der Waals surface area contributed by atoms with Gasteiger partial charge >= 0.3 is 12.1 Å². The van der Waals surface area contributed by atoms with Crippen LogP contribution in [0.3, 0.4) is 0 Å². The second-order valence-electron chi connectivity index (χ2n) is 7.15. The Morgan fingerprint density at radius 3 is 2.46 bits per heavy atom. The molecule has 0 saturated carbocycles. The molecule has 0 radical (unpaired) electrons. The molecule has 0 atom stereocenters. The van der Waals surface area contributed by atoms with E-state index in [0.717, 1.165) is 10.6 Å². The van der Waals surface area contributed by atoms with Gasteiger partial charge in [0.1, 0.15) is 16.3 Å². The van der Waals surface area contributed by atoms with Gasteiger partial charge in [0.15, 0.2) is 0 Å². The number of carbonyl (C=O) groups excluding carboxylic acids is 2. The molecule has 1 N–H and O–H groups in total. The van der Waals surface area contributed by atoms with E-state index in [0.29, 0.717) is 16.1 Å². The lowest BCUT2D eigenvalue weighted by molar-refractivity contribution is 0.0601. The predicted octanol–water partition coefficient (Wildman–Crippen LogP) is 4.63. The molecule has 2 aromatic rings. The van der Waals surface area contributed by atoms with Gasteiger partial charge in [-0.1, -0.05) is 0 Å². The summed E-state index contributed by atoms with van der Waals surface area (Å²) in [6.45, 7) is 11.2. The first-order valence-corrected chi connectivity index (χ1v) is 9.12. The van der Waals surface area contributed by atoms with Gasteiger partial charge < -0.3 is 9.47 Å². The molecule has 2 heterocycles. The monoisotopic (exact) mass is 379 g/mol. The van der Waals surface area contributed by atoms with E-state index in [-0.39, 0.29) is 6.04 Å². The predicted molar refractivity (Wildman–Crippen MR) is 102 cm³/mol. The number of nitrogens with one attached hydrogen (secondary N) is 1. The molecule has 1 amide bonds. The number of thiophene rings is 1. The molecule has 0 bridgehead atoms. The zero-order valence-corrected chi connectivity index (χ0v) is 17.0. The van der Waals surface area contributed by atoms with E-state index in [1.807, 2.05) is 37.7 Å². The van der Waals surface area contributed by atoms with E-state index >= 15 is 0 Å². The van der Waals surface area contributed by atoms with Crippen molar-refractivity contribution in [3.63, 3.8) is 0 Å². The molecule has 0 unspecified atom stereocenters. The Hall–Kier alpha value is -2.35. The molecule has 2 aromatic heterocycles. The Morgan fingerprint density at radius 1 is 1.31 bits per heavy atom. The highest BCUT2D eigenvalue weighted by Crippen LogP contribution is 2.40. The van der Waals surface area contributed by atoms with Crippen LogP contribution in [0.4, 0.5) is 9.80 Å². The molecular formula is C18H25N3O4S. The van der Waals surface area contributed by atoms with Gasteiger partial charge in [0.05, 0.1) is 17.6 Å². The third-order valence-corrected chi connectivity index (χ3v) is 4.75. The first-order valence-electron chi connectivity index (χ1n) is 8.30. The Bertz CT molecular complexity index is 815. The van der Waals surface area contributed by atoms with Gasteiger partial charge in [-0.15, -0.1) is 11.3 Å². The highest BCUT2D eigenvalue weighted by atomic mass is 32.1. The van der Waals surface area contributed by atoms with E-state index in [9.17, 15) is 9.59 Å². The molecule has 26 heavy (non-hydrogen) atoms. The highest BCUT2D eigenvalue weighted by Gasteiger charge is 2.26. The number of ether oxygens (including phenoxy) is 2. The normalized spacial score (nSPS) is 11.5. The van der Waals surface area contributed by atoms with Crippen molar-refractivity contribution >= 4 is 28.4 Å². The van der Waals surface area contributed by atoms with E-state index in [1.165, 1.54) is 18.4 Å². The van der Waals surface area contributed by atoms with Crippen molar-refractivity contribution in [2.75, 3.05) is 12.4 Å². The third-order valence-electron chi connectivity index (χ3n) is 3.52. The van der Waals surface area contributed by atoms with Crippen molar-refractivity contribution in [1.29, 1.82) is 0 Å². The number of aromatic nitrogens is 2. The van der Waals surface area contributed by atoms with E-state index in [2.05, 4.69) is 10.4 Å². The van der Waals surface area contributed by atoms with Crippen LogP contribution in [-0.4, -0.2) is 34.6 Å². The third kappa shape index (κ3) is 4.43. The van der Waals surface area contributed by atoms with Gasteiger partial charge in [-0.25, -0.2) is 9.59 Å². The lowest BCUT2D eigenvalue weighted by Gasteiger charge is -2.19. The number of carbonyl (C=O) groups is 2. The number of hydrogen-bond donors (Lipinski definition) is 1. The molecule has 0 aliphatic carbocycles. The summed E-state index contributed by atoms with van der Waals surface area (Å²) in [5.74, 6) is -0.514. The molecule has 0 aliphatic heterocycles.